The second-order valence-electron chi connectivity index (χ2n) is 8.53. The fourth-order valence-electron chi connectivity index (χ4n) is 3.74. The molecule has 0 heterocycles. The number of nitrogens with zero attached hydrogens (tertiary/aromatic N) is 2. The summed E-state index contributed by atoms with van der Waals surface area (Å²) in [6.07, 6.45) is 1.10. The summed E-state index contributed by atoms with van der Waals surface area (Å²) in [5, 5.41) is 18.1. The summed E-state index contributed by atoms with van der Waals surface area (Å²) in [6, 6.07) is 31.3. The lowest BCUT2D eigenvalue weighted by molar-refractivity contribution is 0.120. The summed E-state index contributed by atoms with van der Waals surface area (Å²) >= 11 is 0. The highest BCUT2D eigenvalue weighted by molar-refractivity contribution is 5.69. The van der Waals surface area contributed by atoms with Gasteiger partial charge in [-0.15, -0.1) is 0 Å². The lowest BCUT2D eigenvalue weighted by Gasteiger charge is -2.11. The maximum Gasteiger partial charge on any atom is 0.230 e. The summed E-state index contributed by atoms with van der Waals surface area (Å²) in [5.41, 5.74) is 12.8. The third-order valence-corrected chi connectivity index (χ3v) is 5.78. The fourth-order valence-corrected chi connectivity index (χ4v) is 3.74. The first-order chi connectivity index (χ1) is 18.0. The molecule has 4 rings (SSSR count). The number of hydrogen-bond acceptors (Lipinski definition) is 5. The van der Waals surface area contributed by atoms with Crippen molar-refractivity contribution in [2.24, 2.45) is 5.73 Å². The first-order valence-electron chi connectivity index (χ1n) is 12.2. The van der Waals surface area contributed by atoms with E-state index in [9.17, 15) is 0 Å². The van der Waals surface area contributed by atoms with Crippen molar-refractivity contribution >= 4 is 0 Å². The Morgan fingerprint density at radius 3 is 1.32 bits per heavy atom. The molecule has 4 aromatic rings. The molecule has 37 heavy (non-hydrogen) atoms. The Bertz CT molecular complexity index is 1290. The van der Waals surface area contributed by atoms with Gasteiger partial charge in [-0.05, 0) is 109 Å². The van der Waals surface area contributed by atoms with Crippen LogP contribution in [0.1, 0.15) is 35.6 Å². The quantitative estimate of drug-likeness (QED) is 0.278. The summed E-state index contributed by atoms with van der Waals surface area (Å²) in [4.78, 5) is 0. The van der Waals surface area contributed by atoms with Crippen LogP contribution in [0.4, 0.5) is 0 Å². The molecule has 0 bridgehead atoms. The van der Waals surface area contributed by atoms with E-state index in [1.54, 1.807) is 0 Å². The number of rotatable bonds is 7. The van der Waals surface area contributed by atoms with Gasteiger partial charge < -0.3 is 15.2 Å². The van der Waals surface area contributed by atoms with E-state index in [4.69, 9.17) is 25.7 Å². The number of benzene rings is 4. The van der Waals surface area contributed by atoms with Crippen molar-refractivity contribution in [1.82, 2.24) is 0 Å². The monoisotopic (exact) mass is 489 g/mol. The van der Waals surface area contributed by atoms with Gasteiger partial charge in [-0.25, -0.2) is 0 Å². The van der Waals surface area contributed by atoms with Crippen LogP contribution in [0.2, 0.25) is 0 Å². The van der Waals surface area contributed by atoms with Gasteiger partial charge in [0.15, 0.2) is 0 Å². The topological polar surface area (TPSA) is 92.1 Å². The van der Waals surface area contributed by atoms with Gasteiger partial charge in [0.1, 0.15) is 11.5 Å². The fraction of sp³-hybridized carbons (Fsp3) is 0.188. The first kappa shape index (κ1) is 27.0. The molecule has 0 fully saturated rings. The Morgan fingerprint density at radius 1 is 0.649 bits per heavy atom. The van der Waals surface area contributed by atoms with Crippen molar-refractivity contribution < 1.29 is 9.47 Å². The number of hydrogen-bond donors (Lipinski definition) is 1. The molecule has 186 valence electrons. The Kier molecular flexibility index (Phi) is 9.85. The van der Waals surface area contributed by atoms with Gasteiger partial charge in [0.2, 0.25) is 6.79 Å². The SMILES string of the molecule is CCCN.Cc1cc(C#N)ccc1-c1ccc(OCOc2ccc(-c3ccc(C#N)cc3C)cc2)cc1. The zero-order valence-corrected chi connectivity index (χ0v) is 21.5. The van der Waals surface area contributed by atoms with Crippen LogP contribution in [-0.4, -0.2) is 13.3 Å². The van der Waals surface area contributed by atoms with Gasteiger partial charge in [-0.1, -0.05) is 43.3 Å². The van der Waals surface area contributed by atoms with Gasteiger partial charge in [-0.2, -0.15) is 10.5 Å². The first-order valence-corrected chi connectivity index (χ1v) is 12.2. The van der Waals surface area contributed by atoms with Crippen molar-refractivity contribution in [3.05, 3.63) is 107 Å². The average molecular weight is 490 g/mol. The molecule has 0 aromatic heterocycles. The molecule has 0 aliphatic carbocycles. The zero-order chi connectivity index (χ0) is 26.6. The highest BCUT2D eigenvalue weighted by Crippen LogP contribution is 2.28. The van der Waals surface area contributed by atoms with E-state index in [1.807, 2.05) is 98.8 Å². The molecule has 0 amide bonds. The number of nitriles is 2. The number of aryl methyl sites for hydroxylation is 2. The smallest absolute Gasteiger partial charge is 0.230 e. The molecule has 0 aliphatic rings. The Labute approximate surface area is 219 Å². The van der Waals surface area contributed by atoms with E-state index >= 15 is 0 Å². The van der Waals surface area contributed by atoms with Crippen LogP contribution >= 0.6 is 0 Å². The maximum atomic E-state index is 9.03. The van der Waals surface area contributed by atoms with Crippen LogP contribution < -0.4 is 15.2 Å². The third kappa shape index (κ3) is 7.45. The Balaban J connectivity index is 0.000000886. The van der Waals surface area contributed by atoms with Gasteiger partial charge in [-0.3, -0.25) is 0 Å². The van der Waals surface area contributed by atoms with E-state index in [2.05, 4.69) is 19.1 Å². The highest BCUT2D eigenvalue weighted by atomic mass is 16.7. The molecular weight excluding hydrogens is 458 g/mol. The minimum absolute atomic E-state index is 0.102. The highest BCUT2D eigenvalue weighted by Gasteiger charge is 2.06. The molecule has 0 saturated carbocycles. The molecule has 0 spiro atoms. The van der Waals surface area contributed by atoms with Crippen molar-refractivity contribution in [1.29, 1.82) is 10.5 Å². The molecule has 5 heteroatoms. The molecule has 4 aromatic carbocycles. The molecule has 0 saturated heterocycles. The molecule has 0 aliphatic heterocycles. The van der Waals surface area contributed by atoms with E-state index < -0.39 is 0 Å². The second kappa shape index (κ2) is 13.5. The van der Waals surface area contributed by atoms with Crippen LogP contribution in [0.15, 0.2) is 84.9 Å². The summed E-state index contributed by atoms with van der Waals surface area (Å²) < 4.78 is 11.5. The Hall–Kier alpha value is -4.58. The van der Waals surface area contributed by atoms with Gasteiger partial charge in [0.25, 0.3) is 0 Å². The van der Waals surface area contributed by atoms with Crippen LogP contribution in [0.5, 0.6) is 11.5 Å². The largest absolute Gasteiger partial charge is 0.458 e. The van der Waals surface area contributed by atoms with E-state index in [0.29, 0.717) is 11.1 Å². The van der Waals surface area contributed by atoms with Crippen molar-refractivity contribution in [2.75, 3.05) is 13.3 Å². The van der Waals surface area contributed by atoms with E-state index in [-0.39, 0.29) is 6.79 Å². The number of ether oxygens (including phenoxy) is 2. The maximum absolute atomic E-state index is 9.03. The molecule has 0 atom stereocenters. The minimum atomic E-state index is 0.102. The summed E-state index contributed by atoms with van der Waals surface area (Å²) in [5.74, 6) is 1.43. The minimum Gasteiger partial charge on any atom is -0.458 e. The number of nitrogens with two attached hydrogens (primary N) is 1. The van der Waals surface area contributed by atoms with Gasteiger partial charge in [0.05, 0.1) is 23.3 Å². The van der Waals surface area contributed by atoms with Crippen molar-refractivity contribution in [2.45, 2.75) is 27.2 Å². The van der Waals surface area contributed by atoms with Crippen LogP contribution in [0, 0.1) is 36.5 Å². The second-order valence-corrected chi connectivity index (χ2v) is 8.53. The lowest BCUT2D eigenvalue weighted by atomic mass is 9.99. The predicted molar refractivity (Wildman–Crippen MR) is 148 cm³/mol. The average Bonchev–Trinajstić information content (AvgIpc) is 2.94. The molecule has 0 unspecified atom stereocenters. The third-order valence-electron chi connectivity index (χ3n) is 5.78. The molecule has 5 nitrogen and oxygen atoms in total. The van der Waals surface area contributed by atoms with Crippen LogP contribution in [0.3, 0.4) is 0 Å². The lowest BCUT2D eigenvalue weighted by Crippen LogP contribution is -2.05. The zero-order valence-electron chi connectivity index (χ0n) is 21.5. The van der Waals surface area contributed by atoms with E-state index in [0.717, 1.165) is 57.8 Å². The van der Waals surface area contributed by atoms with Gasteiger partial charge in [0, 0.05) is 0 Å². The van der Waals surface area contributed by atoms with Crippen molar-refractivity contribution in [3.63, 3.8) is 0 Å². The van der Waals surface area contributed by atoms with Crippen LogP contribution in [0.25, 0.3) is 22.3 Å². The normalized spacial score (nSPS) is 9.89. The molecule has 2 N–H and O–H groups in total. The summed E-state index contributed by atoms with van der Waals surface area (Å²) in [7, 11) is 0. The van der Waals surface area contributed by atoms with Crippen LogP contribution in [-0.2, 0) is 0 Å². The van der Waals surface area contributed by atoms with Gasteiger partial charge >= 0.3 is 0 Å². The van der Waals surface area contributed by atoms with E-state index in [1.165, 1.54) is 0 Å². The molecular formula is C32H31N3O2. The standard InChI is InChI=1S/C29H22N2O2.C3H9N/c1-20-15-22(17-30)3-13-28(20)24-5-9-26(10-6-24)32-19-33-27-11-7-25(8-12-27)29-14-4-23(18-31)16-21(29)2;1-2-3-4/h3-16H,19H2,1-2H3;2-4H2,1H3. The Morgan fingerprint density at radius 2 is 1.03 bits per heavy atom. The summed E-state index contributed by atoms with van der Waals surface area (Å²) in [6.45, 7) is 6.98. The predicted octanol–water partition coefficient (Wildman–Crippen LogP) is 7.15. The van der Waals surface area contributed by atoms with Crippen molar-refractivity contribution in [3.8, 4) is 45.9 Å². The molecule has 0 radical (unpaired) electrons.